The summed E-state index contributed by atoms with van der Waals surface area (Å²) in [6, 6.07) is 31.0. The highest BCUT2D eigenvalue weighted by Gasteiger charge is 2.36. The number of aryl methyl sites for hydroxylation is 2. The first-order valence-corrected chi connectivity index (χ1v) is 11.6. The van der Waals surface area contributed by atoms with Crippen LogP contribution in [0.4, 0.5) is 0 Å². The van der Waals surface area contributed by atoms with Gasteiger partial charge < -0.3 is 0 Å². The lowest BCUT2D eigenvalue weighted by molar-refractivity contribution is 0.655. The first-order chi connectivity index (χ1) is 15.2. The topological polar surface area (TPSA) is 0 Å². The summed E-state index contributed by atoms with van der Waals surface area (Å²) in [5.41, 5.74) is 14.6. The third-order valence-electron chi connectivity index (χ3n) is 7.53. The van der Waals surface area contributed by atoms with Gasteiger partial charge >= 0.3 is 0 Å². The van der Waals surface area contributed by atoms with Crippen LogP contribution in [0.5, 0.6) is 0 Å². The van der Waals surface area contributed by atoms with E-state index in [0.717, 1.165) is 0 Å². The minimum absolute atomic E-state index is 0.150. The molecule has 0 heteroatoms. The Hall–Kier alpha value is -3.12. The zero-order valence-corrected chi connectivity index (χ0v) is 20.1. The molecule has 0 saturated heterocycles. The Morgan fingerprint density at radius 3 is 1.69 bits per heavy atom. The van der Waals surface area contributed by atoms with Gasteiger partial charge in [0.2, 0.25) is 0 Å². The lowest BCUT2D eigenvalue weighted by Crippen LogP contribution is -2.16. The van der Waals surface area contributed by atoms with Crippen LogP contribution in [0.3, 0.4) is 0 Å². The molecule has 0 atom stereocenters. The van der Waals surface area contributed by atoms with Crippen LogP contribution in [0, 0.1) is 13.8 Å². The molecule has 4 aromatic carbocycles. The molecule has 0 aliphatic heterocycles. The predicted molar refractivity (Wildman–Crippen MR) is 137 cm³/mol. The van der Waals surface area contributed by atoms with E-state index >= 15 is 0 Å². The fourth-order valence-electron chi connectivity index (χ4n) is 5.95. The summed E-state index contributed by atoms with van der Waals surface area (Å²) < 4.78 is 0. The molecule has 2 aliphatic carbocycles. The maximum atomic E-state index is 2.32. The maximum Gasteiger partial charge on any atom is 0.0161 e. The van der Waals surface area contributed by atoms with Gasteiger partial charge in [-0.1, -0.05) is 118 Å². The van der Waals surface area contributed by atoms with Crippen LogP contribution in [-0.4, -0.2) is 0 Å². The van der Waals surface area contributed by atoms with E-state index in [0.29, 0.717) is 0 Å². The molecular formula is C32H32. The zero-order chi connectivity index (χ0) is 22.7. The highest BCUT2D eigenvalue weighted by molar-refractivity contribution is 5.82. The standard InChI is InChI=1S/2C16H16/c1-11-7-6-9-13-12-8-4-5-10-14(12)16(2,3)15(11)13;1-11-8-9-15-13(10-11)12-6-4-5-7-14(12)16(15,2)3/h2*4-10H,1-3H3. The van der Waals surface area contributed by atoms with Crippen molar-refractivity contribution in [3.63, 3.8) is 0 Å². The van der Waals surface area contributed by atoms with Crippen molar-refractivity contribution in [3.05, 3.63) is 118 Å². The van der Waals surface area contributed by atoms with Crippen LogP contribution in [0.2, 0.25) is 0 Å². The third kappa shape index (κ3) is 2.97. The first kappa shape index (κ1) is 20.8. The summed E-state index contributed by atoms with van der Waals surface area (Å²) >= 11 is 0. The van der Waals surface area contributed by atoms with Gasteiger partial charge in [-0.2, -0.15) is 0 Å². The molecule has 0 heterocycles. The monoisotopic (exact) mass is 416 g/mol. The van der Waals surface area contributed by atoms with Crippen LogP contribution in [-0.2, 0) is 10.8 Å². The molecule has 160 valence electrons. The Morgan fingerprint density at radius 2 is 1.00 bits per heavy atom. The Kier molecular flexibility index (Phi) is 4.67. The number of hydrogen-bond acceptors (Lipinski definition) is 0. The Bertz CT molecular complexity index is 1330. The van der Waals surface area contributed by atoms with Gasteiger partial charge in [-0.3, -0.25) is 0 Å². The summed E-state index contributed by atoms with van der Waals surface area (Å²) in [5.74, 6) is 0. The predicted octanol–water partition coefficient (Wildman–Crippen LogP) is 8.60. The van der Waals surface area contributed by atoms with Crippen LogP contribution in [0.15, 0.2) is 84.9 Å². The SMILES string of the molecule is Cc1ccc2c(c1)-c1ccccc1C2(C)C.Cc1cccc2c1C(C)(C)c1ccccc1-2. The number of hydrogen-bond donors (Lipinski definition) is 0. The minimum atomic E-state index is 0.150. The van der Waals surface area contributed by atoms with Crippen LogP contribution in [0.25, 0.3) is 22.3 Å². The molecule has 2 aliphatic rings. The summed E-state index contributed by atoms with van der Waals surface area (Å²) in [4.78, 5) is 0. The van der Waals surface area contributed by atoms with E-state index < -0.39 is 0 Å². The maximum absolute atomic E-state index is 2.32. The zero-order valence-electron chi connectivity index (χ0n) is 20.1. The molecule has 0 nitrogen and oxygen atoms in total. The molecule has 6 rings (SSSR count). The normalized spacial score (nSPS) is 15.7. The summed E-state index contributed by atoms with van der Waals surface area (Å²) in [5, 5.41) is 0. The van der Waals surface area contributed by atoms with E-state index in [1.54, 1.807) is 0 Å². The third-order valence-corrected chi connectivity index (χ3v) is 7.53. The number of benzene rings is 4. The molecular weight excluding hydrogens is 384 g/mol. The van der Waals surface area contributed by atoms with Crippen molar-refractivity contribution in [2.45, 2.75) is 52.4 Å². The highest BCUT2D eigenvalue weighted by Crippen LogP contribution is 2.50. The Balaban J connectivity index is 0.000000135. The Labute approximate surface area is 193 Å². The van der Waals surface area contributed by atoms with Gasteiger partial charge in [0, 0.05) is 10.8 Å². The molecule has 0 aromatic heterocycles. The van der Waals surface area contributed by atoms with Crippen molar-refractivity contribution in [2.24, 2.45) is 0 Å². The van der Waals surface area contributed by atoms with Crippen molar-refractivity contribution in [1.29, 1.82) is 0 Å². The van der Waals surface area contributed by atoms with Gasteiger partial charge in [0.15, 0.2) is 0 Å². The fraction of sp³-hybridized carbons (Fsp3) is 0.250. The van der Waals surface area contributed by atoms with Crippen LogP contribution >= 0.6 is 0 Å². The van der Waals surface area contributed by atoms with Gasteiger partial charge in [-0.25, -0.2) is 0 Å². The quantitative estimate of drug-likeness (QED) is 0.269. The van der Waals surface area contributed by atoms with Crippen LogP contribution in [0.1, 0.15) is 61.1 Å². The average molecular weight is 417 g/mol. The van der Waals surface area contributed by atoms with Gasteiger partial charge in [0.05, 0.1) is 0 Å². The van der Waals surface area contributed by atoms with Gasteiger partial charge in [-0.05, 0) is 63.9 Å². The lowest BCUT2D eigenvalue weighted by atomic mass is 9.80. The average Bonchev–Trinajstić information content (AvgIpc) is 3.15. The fourth-order valence-corrected chi connectivity index (χ4v) is 5.95. The van der Waals surface area contributed by atoms with Gasteiger partial charge in [0.1, 0.15) is 0 Å². The molecule has 0 spiro atoms. The Morgan fingerprint density at radius 1 is 0.469 bits per heavy atom. The molecule has 0 radical (unpaired) electrons. The number of fused-ring (bicyclic) bond motifs is 6. The van der Waals surface area contributed by atoms with Crippen molar-refractivity contribution in [1.82, 2.24) is 0 Å². The molecule has 0 bridgehead atoms. The molecule has 0 amide bonds. The van der Waals surface area contributed by atoms with Crippen molar-refractivity contribution in [2.75, 3.05) is 0 Å². The second kappa shape index (κ2) is 7.20. The molecule has 4 aromatic rings. The van der Waals surface area contributed by atoms with Crippen molar-refractivity contribution in [3.8, 4) is 22.3 Å². The van der Waals surface area contributed by atoms with E-state index in [4.69, 9.17) is 0 Å². The van der Waals surface area contributed by atoms with Gasteiger partial charge in [0.25, 0.3) is 0 Å². The highest BCUT2D eigenvalue weighted by atomic mass is 14.4. The second-order valence-corrected chi connectivity index (χ2v) is 10.4. The summed E-state index contributed by atoms with van der Waals surface area (Å²) in [6.07, 6.45) is 0. The largest absolute Gasteiger partial charge is 0.0619 e. The minimum Gasteiger partial charge on any atom is -0.0619 e. The van der Waals surface area contributed by atoms with Crippen molar-refractivity contribution < 1.29 is 0 Å². The first-order valence-electron chi connectivity index (χ1n) is 11.6. The number of rotatable bonds is 0. The molecule has 32 heavy (non-hydrogen) atoms. The molecule has 0 fully saturated rings. The second-order valence-electron chi connectivity index (χ2n) is 10.4. The van der Waals surface area contributed by atoms with E-state index in [-0.39, 0.29) is 10.8 Å². The molecule has 0 N–H and O–H groups in total. The van der Waals surface area contributed by atoms with Gasteiger partial charge in [-0.15, -0.1) is 0 Å². The molecule has 0 unspecified atom stereocenters. The van der Waals surface area contributed by atoms with Crippen LogP contribution < -0.4 is 0 Å². The smallest absolute Gasteiger partial charge is 0.0161 e. The molecule has 0 saturated carbocycles. The lowest BCUT2D eigenvalue weighted by Gasteiger charge is -2.23. The van der Waals surface area contributed by atoms with E-state index in [9.17, 15) is 0 Å². The van der Waals surface area contributed by atoms with Crippen molar-refractivity contribution >= 4 is 0 Å². The van der Waals surface area contributed by atoms with E-state index in [1.165, 1.54) is 55.6 Å². The van der Waals surface area contributed by atoms with E-state index in [1.807, 2.05) is 0 Å². The summed E-state index contributed by atoms with van der Waals surface area (Å²) in [7, 11) is 0. The van der Waals surface area contributed by atoms with E-state index in [2.05, 4.69) is 126 Å². The summed E-state index contributed by atoms with van der Waals surface area (Å²) in [6.45, 7) is 13.6.